The second-order valence-corrected chi connectivity index (χ2v) is 6.70. The normalized spacial score (nSPS) is 11.0. The van der Waals surface area contributed by atoms with Crippen LogP contribution in [0.25, 0.3) is 5.69 Å². The van der Waals surface area contributed by atoms with E-state index in [1.165, 1.54) is 12.3 Å². The third-order valence-electron chi connectivity index (χ3n) is 4.05. The summed E-state index contributed by atoms with van der Waals surface area (Å²) < 4.78 is 15.4. The summed E-state index contributed by atoms with van der Waals surface area (Å²) in [7, 11) is 0. The van der Waals surface area contributed by atoms with Crippen LogP contribution in [0.15, 0.2) is 54.7 Å². The summed E-state index contributed by atoms with van der Waals surface area (Å²) >= 11 is 6.07. The van der Waals surface area contributed by atoms with Crippen molar-refractivity contribution in [2.75, 3.05) is 0 Å². The maximum Gasteiger partial charge on any atom is 0.255 e. The van der Waals surface area contributed by atoms with Gasteiger partial charge in [0.2, 0.25) is 0 Å². The Morgan fingerprint density at radius 2 is 2.00 bits per heavy atom. The van der Waals surface area contributed by atoms with Gasteiger partial charge in [-0.15, -0.1) is 0 Å². The molecule has 4 nitrogen and oxygen atoms in total. The minimum atomic E-state index is -0.341. The van der Waals surface area contributed by atoms with Gasteiger partial charge in [0.1, 0.15) is 5.82 Å². The highest BCUT2D eigenvalue weighted by molar-refractivity contribution is 6.30. The highest BCUT2D eigenvalue weighted by atomic mass is 35.5. The third-order valence-corrected chi connectivity index (χ3v) is 4.28. The minimum absolute atomic E-state index is 0.0608. The second-order valence-electron chi connectivity index (χ2n) is 6.26. The lowest BCUT2D eigenvalue weighted by Crippen LogP contribution is -2.24. The standard InChI is InChI=1S/C20H19ClFN3O/c1-13(2)19-17(12-24-25(19)16-8-5-7-15(21)10-16)20(26)23-11-14-6-3-4-9-18(14)22/h3-10,12-13H,11H2,1-2H3,(H,23,26). The molecule has 2 aromatic carbocycles. The number of benzene rings is 2. The van der Waals surface area contributed by atoms with E-state index in [-0.39, 0.29) is 24.2 Å². The molecule has 1 heterocycles. The largest absolute Gasteiger partial charge is 0.348 e. The van der Waals surface area contributed by atoms with Crippen molar-refractivity contribution in [2.45, 2.75) is 26.3 Å². The molecule has 0 atom stereocenters. The van der Waals surface area contributed by atoms with Gasteiger partial charge in [-0.1, -0.05) is 49.7 Å². The van der Waals surface area contributed by atoms with E-state index in [4.69, 9.17) is 11.6 Å². The van der Waals surface area contributed by atoms with Crippen LogP contribution in [-0.2, 0) is 6.54 Å². The van der Waals surface area contributed by atoms with Crippen molar-refractivity contribution in [2.24, 2.45) is 0 Å². The van der Waals surface area contributed by atoms with Crippen LogP contribution in [0.4, 0.5) is 4.39 Å². The zero-order valence-corrected chi connectivity index (χ0v) is 15.3. The van der Waals surface area contributed by atoms with Crippen molar-refractivity contribution >= 4 is 17.5 Å². The monoisotopic (exact) mass is 371 g/mol. The predicted octanol–water partition coefficient (Wildman–Crippen LogP) is 4.72. The molecule has 3 rings (SSSR count). The molecule has 0 saturated heterocycles. The molecule has 1 N–H and O–H groups in total. The molecule has 26 heavy (non-hydrogen) atoms. The maximum atomic E-state index is 13.7. The molecule has 0 aliphatic heterocycles. The van der Waals surface area contributed by atoms with Gasteiger partial charge in [0.25, 0.3) is 5.91 Å². The van der Waals surface area contributed by atoms with Gasteiger partial charge in [-0.2, -0.15) is 5.10 Å². The first-order valence-corrected chi connectivity index (χ1v) is 8.70. The highest BCUT2D eigenvalue weighted by Crippen LogP contribution is 2.24. The Bertz CT molecular complexity index is 936. The van der Waals surface area contributed by atoms with Crippen molar-refractivity contribution in [3.63, 3.8) is 0 Å². The van der Waals surface area contributed by atoms with E-state index in [2.05, 4.69) is 10.4 Å². The number of nitrogens with zero attached hydrogens (tertiary/aromatic N) is 2. The Hall–Kier alpha value is -2.66. The first-order valence-electron chi connectivity index (χ1n) is 8.33. The smallest absolute Gasteiger partial charge is 0.255 e. The predicted molar refractivity (Wildman–Crippen MR) is 100 cm³/mol. The second kappa shape index (κ2) is 7.70. The van der Waals surface area contributed by atoms with E-state index < -0.39 is 0 Å². The fourth-order valence-corrected chi connectivity index (χ4v) is 3.00. The molecule has 0 aliphatic rings. The van der Waals surface area contributed by atoms with Crippen LogP contribution in [0.3, 0.4) is 0 Å². The first kappa shape index (κ1) is 18.1. The molecule has 0 spiro atoms. The Labute approximate surface area is 156 Å². The number of amides is 1. The van der Waals surface area contributed by atoms with Crippen molar-refractivity contribution in [3.05, 3.63) is 82.4 Å². The van der Waals surface area contributed by atoms with Gasteiger partial charge < -0.3 is 5.32 Å². The number of nitrogens with one attached hydrogen (secondary N) is 1. The molecular weight excluding hydrogens is 353 g/mol. The third kappa shape index (κ3) is 3.78. The number of carbonyl (C=O) groups is 1. The summed E-state index contributed by atoms with van der Waals surface area (Å²) in [5, 5.41) is 7.73. The molecule has 134 valence electrons. The zero-order chi connectivity index (χ0) is 18.7. The van der Waals surface area contributed by atoms with Crippen molar-refractivity contribution in [1.29, 1.82) is 0 Å². The minimum Gasteiger partial charge on any atom is -0.348 e. The number of carbonyl (C=O) groups excluding carboxylic acids is 1. The summed E-state index contributed by atoms with van der Waals surface area (Å²) in [4.78, 5) is 12.7. The van der Waals surface area contributed by atoms with E-state index in [1.807, 2.05) is 26.0 Å². The van der Waals surface area contributed by atoms with Gasteiger partial charge in [-0.25, -0.2) is 9.07 Å². The molecule has 3 aromatic rings. The lowest BCUT2D eigenvalue weighted by Gasteiger charge is -2.13. The van der Waals surface area contributed by atoms with Gasteiger partial charge in [-0.05, 0) is 30.2 Å². The van der Waals surface area contributed by atoms with Crippen molar-refractivity contribution < 1.29 is 9.18 Å². The van der Waals surface area contributed by atoms with Crippen LogP contribution in [0, 0.1) is 5.82 Å². The van der Waals surface area contributed by atoms with Gasteiger partial charge >= 0.3 is 0 Å². The number of halogens is 2. The molecule has 1 aromatic heterocycles. The Kier molecular flexibility index (Phi) is 5.38. The summed E-state index contributed by atoms with van der Waals surface area (Å²) in [6, 6.07) is 13.7. The molecule has 0 aliphatic carbocycles. The molecule has 0 unspecified atom stereocenters. The molecule has 0 bridgehead atoms. The SMILES string of the molecule is CC(C)c1c(C(=O)NCc2ccccc2F)cnn1-c1cccc(Cl)c1. The van der Waals surface area contributed by atoms with Crippen LogP contribution < -0.4 is 5.32 Å². The average Bonchev–Trinajstić information content (AvgIpc) is 3.06. The number of hydrogen-bond donors (Lipinski definition) is 1. The Morgan fingerprint density at radius 1 is 1.23 bits per heavy atom. The fourth-order valence-electron chi connectivity index (χ4n) is 2.81. The topological polar surface area (TPSA) is 46.9 Å². The number of rotatable bonds is 5. The molecule has 0 radical (unpaired) electrons. The quantitative estimate of drug-likeness (QED) is 0.705. The van der Waals surface area contributed by atoms with Gasteiger partial charge in [0.05, 0.1) is 23.1 Å². The van der Waals surface area contributed by atoms with E-state index in [0.29, 0.717) is 16.1 Å². The van der Waals surface area contributed by atoms with Gasteiger partial charge in [-0.3, -0.25) is 4.79 Å². The maximum absolute atomic E-state index is 13.7. The van der Waals surface area contributed by atoms with Crippen LogP contribution in [-0.4, -0.2) is 15.7 Å². The molecule has 6 heteroatoms. The van der Waals surface area contributed by atoms with Crippen molar-refractivity contribution in [3.8, 4) is 5.69 Å². The molecular formula is C20H19ClFN3O. The zero-order valence-electron chi connectivity index (χ0n) is 14.5. The van der Waals surface area contributed by atoms with Crippen LogP contribution >= 0.6 is 11.6 Å². The van der Waals surface area contributed by atoms with E-state index in [0.717, 1.165) is 11.4 Å². The summed E-state index contributed by atoms with van der Waals surface area (Å²) in [5.74, 6) is -0.567. The van der Waals surface area contributed by atoms with Gasteiger partial charge in [0.15, 0.2) is 0 Å². The summed E-state index contributed by atoms with van der Waals surface area (Å²) in [6.07, 6.45) is 1.53. The summed E-state index contributed by atoms with van der Waals surface area (Å²) in [6.45, 7) is 4.10. The van der Waals surface area contributed by atoms with Crippen LogP contribution in [0.2, 0.25) is 5.02 Å². The lowest BCUT2D eigenvalue weighted by molar-refractivity contribution is 0.0949. The fraction of sp³-hybridized carbons (Fsp3) is 0.200. The molecule has 1 amide bonds. The summed E-state index contributed by atoms with van der Waals surface area (Å²) in [5.41, 5.74) is 2.47. The molecule has 0 fully saturated rings. The van der Waals surface area contributed by atoms with E-state index in [1.54, 1.807) is 35.0 Å². The Balaban J connectivity index is 1.88. The van der Waals surface area contributed by atoms with Gasteiger partial charge in [0, 0.05) is 17.1 Å². The number of hydrogen-bond acceptors (Lipinski definition) is 2. The van der Waals surface area contributed by atoms with E-state index in [9.17, 15) is 9.18 Å². The highest BCUT2D eigenvalue weighted by Gasteiger charge is 2.21. The Morgan fingerprint density at radius 3 is 2.69 bits per heavy atom. The van der Waals surface area contributed by atoms with E-state index >= 15 is 0 Å². The number of aromatic nitrogens is 2. The lowest BCUT2D eigenvalue weighted by atomic mass is 10.0. The molecule has 0 saturated carbocycles. The van der Waals surface area contributed by atoms with Crippen molar-refractivity contribution in [1.82, 2.24) is 15.1 Å². The first-order chi connectivity index (χ1) is 12.5. The van der Waals surface area contributed by atoms with Crippen LogP contribution in [0.5, 0.6) is 0 Å². The van der Waals surface area contributed by atoms with Crippen LogP contribution in [0.1, 0.15) is 41.4 Å². The average molecular weight is 372 g/mol.